The van der Waals surface area contributed by atoms with E-state index in [0.717, 1.165) is 6.42 Å². The third-order valence-electron chi connectivity index (χ3n) is 1.71. The lowest BCUT2D eigenvalue weighted by atomic mass is 10.0. The lowest BCUT2D eigenvalue weighted by Gasteiger charge is -2.25. The Morgan fingerprint density at radius 2 is 2.09 bits per heavy atom. The first-order valence-corrected chi connectivity index (χ1v) is 3.81. The van der Waals surface area contributed by atoms with Gasteiger partial charge in [-0.2, -0.15) is 0 Å². The van der Waals surface area contributed by atoms with Gasteiger partial charge in [0.25, 0.3) is 0 Å². The molecule has 0 bridgehead atoms. The van der Waals surface area contributed by atoms with Gasteiger partial charge in [0.2, 0.25) is 0 Å². The van der Waals surface area contributed by atoms with Gasteiger partial charge in [0.1, 0.15) is 5.72 Å². The number of aliphatic hydroxyl groups is 1. The van der Waals surface area contributed by atoms with Crippen molar-refractivity contribution in [1.82, 2.24) is 5.32 Å². The molecular formula is C9H17NO. The minimum atomic E-state index is -0.796. The Labute approximate surface area is 68.6 Å². The first-order valence-electron chi connectivity index (χ1n) is 3.81. The van der Waals surface area contributed by atoms with Crippen LogP contribution in [0.4, 0.5) is 0 Å². The fourth-order valence-electron chi connectivity index (χ4n) is 0.909. The van der Waals surface area contributed by atoms with Crippen LogP contribution < -0.4 is 5.32 Å². The molecule has 0 aliphatic carbocycles. The Kier molecular flexibility index (Phi) is 4.83. The van der Waals surface area contributed by atoms with Crippen LogP contribution in [0.1, 0.15) is 19.3 Å². The van der Waals surface area contributed by atoms with Gasteiger partial charge in [0.05, 0.1) is 0 Å². The molecule has 0 aromatic heterocycles. The van der Waals surface area contributed by atoms with E-state index in [1.54, 1.807) is 19.2 Å². The fraction of sp³-hybridized carbons (Fsp3) is 0.556. The van der Waals surface area contributed by atoms with Gasteiger partial charge in [-0.1, -0.05) is 12.2 Å². The van der Waals surface area contributed by atoms with Gasteiger partial charge in [-0.25, -0.2) is 0 Å². The van der Waals surface area contributed by atoms with Gasteiger partial charge in [0.15, 0.2) is 0 Å². The number of hydrogen-bond donors (Lipinski definition) is 2. The molecule has 0 aromatic carbocycles. The van der Waals surface area contributed by atoms with Gasteiger partial charge in [-0.15, -0.1) is 13.2 Å². The molecule has 0 aromatic rings. The summed E-state index contributed by atoms with van der Waals surface area (Å²) in [6, 6.07) is 0. The Morgan fingerprint density at radius 1 is 1.45 bits per heavy atom. The van der Waals surface area contributed by atoms with Crippen molar-refractivity contribution >= 4 is 0 Å². The minimum Gasteiger partial charge on any atom is -0.376 e. The number of allylic oxidation sites excluding steroid dienone is 1. The van der Waals surface area contributed by atoms with E-state index in [1.807, 2.05) is 0 Å². The minimum absolute atomic E-state index is 0.567. The molecule has 1 unspecified atom stereocenters. The van der Waals surface area contributed by atoms with Crippen molar-refractivity contribution in [2.75, 3.05) is 7.05 Å². The summed E-state index contributed by atoms with van der Waals surface area (Å²) in [6.07, 6.45) is 5.56. The van der Waals surface area contributed by atoms with Gasteiger partial charge in [-0.05, 0) is 19.9 Å². The summed E-state index contributed by atoms with van der Waals surface area (Å²) in [5, 5.41) is 12.6. The molecule has 11 heavy (non-hydrogen) atoms. The topological polar surface area (TPSA) is 32.3 Å². The molecule has 64 valence electrons. The maximum Gasteiger partial charge on any atom is 0.119 e. The first kappa shape index (κ1) is 10.4. The zero-order valence-electron chi connectivity index (χ0n) is 7.14. The predicted octanol–water partition coefficient (Wildman–Crippen LogP) is 1.44. The smallest absolute Gasteiger partial charge is 0.119 e. The second-order valence-electron chi connectivity index (χ2n) is 2.60. The van der Waals surface area contributed by atoms with Crippen LogP contribution in [0.25, 0.3) is 0 Å². The molecule has 0 heterocycles. The van der Waals surface area contributed by atoms with E-state index < -0.39 is 5.72 Å². The summed E-state index contributed by atoms with van der Waals surface area (Å²) in [5.74, 6) is 0. The van der Waals surface area contributed by atoms with E-state index in [2.05, 4.69) is 18.5 Å². The number of rotatable bonds is 6. The summed E-state index contributed by atoms with van der Waals surface area (Å²) in [6.45, 7) is 7.17. The summed E-state index contributed by atoms with van der Waals surface area (Å²) in [4.78, 5) is 0. The summed E-state index contributed by atoms with van der Waals surface area (Å²) in [5.41, 5.74) is -0.796. The van der Waals surface area contributed by atoms with Crippen LogP contribution in [0.2, 0.25) is 0 Å². The van der Waals surface area contributed by atoms with Gasteiger partial charge in [-0.3, -0.25) is 5.32 Å². The van der Waals surface area contributed by atoms with Gasteiger partial charge < -0.3 is 5.11 Å². The zero-order chi connectivity index (χ0) is 8.74. The third-order valence-corrected chi connectivity index (χ3v) is 1.71. The fourth-order valence-corrected chi connectivity index (χ4v) is 0.909. The van der Waals surface area contributed by atoms with Crippen LogP contribution >= 0.6 is 0 Å². The molecule has 2 heteroatoms. The zero-order valence-corrected chi connectivity index (χ0v) is 7.14. The SMILES string of the molecule is C=CCCC(O)(CC=C)NC. The Bertz CT molecular complexity index is 134. The van der Waals surface area contributed by atoms with Crippen molar-refractivity contribution in [3.63, 3.8) is 0 Å². The van der Waals surface area contributed by atoms with E-state index in [9.17, 15) is 5.11 Å². The molecule has 2 N–H and O–H groups in total. The van der Waals surface area contributed by atoms with Crippen molar-refractivity contribution in [3.8, 4) is 0 Å². The highest BCUT2D eigenvalue weighted by Crippen LogP contribution is 2.13. The second kappa shape index (κ2) is 5.10. The van der Waals surface area contributed by atoms with Crippen LogP contribution in [-0.4, -0.2) is 17.9 Å². The van der Waals surface area contributed by atoms with E-state index in [4.69, 9.17) is 0 Å². The molecule has 0 radical (unpaired) electrons. The number of nitrogens with one attached hydrogen (secondary N) is 1. The molecule has 0 aliphatic heterocycles. The van der Waals surface area contributed by atoms with Crippen LogP contribution in [0.5, 0.6) is 0 Å². The molecule has 0 saturated heterocycles. The highest BCUT2D eigenvalue weighted by atomic mass is 16.3. The average Bonchev–Trinajstić information content (AvgIpc) is 2.02. The standard InChI is InChI=1S/C9H17NO/c1-4-6-8-9(11,10-3)7-5-2/h4-5,10-11H,1-2,6-8H2,3H3. The molecule has 0 amide bonds. The molecule has 0 rings (SSSR count). The van der Waals surface area contributed by atoms with E-state index in [0.29, 0.717) is 12.8 Å². The van der Waals surface area contributed by atoms with Crippen molar-refractivity contribution < 1.29 is 5.11 Å². The second-order valence-corrected chi connectivity index (χ2v) is 2.60. The number of hydrogen-bond acceptors (Lipinski definition) is 2. The molecular weight excluding hydrogens is 138 g/mol. The molecule has 0 spiro atoms. The molecule has 0 fully saturated rings. The molecule has 0 saturated carbocycles. The highest BCUT2D eigenvalue weighted by molar-refractivity contribution is 4.85. The Balaban J connectivity index is 3.86. The normalized spacial score (nSPS) is 15.5. The Morgan fingerprint density at radius 3 is 2.45 bits per heavy atom. The maximum absolute atomic E-state index is 9.72. The van der Waals surface area contributed by atoms with Crippen LogP contribution in [-0.2, 0) is 0 Å². The maximum atomic E-state index is 9.72. The average molecular weight is 155 g/mol. The van der Waals surface area contributed by atoms with Gasteiger partial charge in [0, 0.05) is 6.42 Å². The van der Waals surface area contributed by atoms with Crippen molar-refractivity contribution in [1.29, 1.82) is 0 Å². The third kappa shape index (κ3) is 3.96. The largest absolute Gasteiger partial charge is 0.376 e. The molecule has 1 atom stereocenters. The van der Waals surface area contributed by atoms with Crippen molar-refractivity contribution in [2.45, 2.75) is 25.0 Å². The summed E-state index contributed by atoms with van der Waals surface area (Å²) >= 11 is 0. The lowest BCUT2D eigenvalue weighted by molar-refractivity contribution is 0.00825. The monoisotopic (exact) mass is 155 g/mol. The van der Waals surface area contributed by atoms with Gasteiger partial charge >= 0.3 is 0 Å². The summed E-state index contributed by atoms with van der Waals surface area (Å²) in [7, 11) is 1.74. The van der Waals surface area contributed by atoms with Crippen LogP contribution in [0, 0.1) is 0 Å². The van der Waals surface area contributed by atoms with Crippen LogP contribution in [0.3, 0.4) is 0 Å². The Hall–Kier alpha value is -0.600. The van der Waals surface area contributed by atoms with Crippen LogP contribution in [0.15, 0.2) is 25.3 Å². The van der Waals surface area contributed by atoms with Crippen molar-refractivity contribution in [3.05, 3.63) is 25.3 Å². The van der Waals surface area contributed by atoms with Crippen molar-refractivity contribution in [2.24, 2.45) is 0 Å². The summed E-state index contributed by atoms with van der Waals surface area (Å²) < 4.78 is 0. The quantitative estimate of drug-likeness (QED) is 0.449. The molecule has 2 nitrogen and oxygen atoms in total. The lowest BCUT2D eigenvalue weighted by Crippen LogP contribution is -2.42. The van der Waals surface area contributed by atoms with E-state index >= 15 is 0 Å². The molecule has 0 aliphatic rings. The van der Waals surface area contributed by atoms with E-state index in [1.165, 1.54) is 0 Å². The van der Waals surface area contributed by atoms with E-state index in [-0.39, 0.29) is 0 Å². The first-order chi connectivity index (χ1) is 5.18. The highest BCUT2D eigenvalue weighted by Gasteiger charge is 2.20. The predicted molar refractivity (Wildman–Crippen MR) is 48.3 cm³/mol.